The fourth-order valence-corrected chi connectivity index (χ4v) is 3.59. The standard InChI is InChI=1S/C22H37N3O/c1-8-21(4,5)16(3)14-17(22(6,7)9-2)20(26)15-25-23-18-12-10-11-13-19(18)24-25/h10-13,16-17,20,26H,8-9,14-15H2,1-7H3. The van der Waals surface area contributed by atoms with E-state index in [9.17, 15) is 5.11 Å². The molecule has 26 heavy (non-hydrogen) atoms. The van der Waals surface area contributed by atoms with E-state index in [1.165, 1.54) is 0 Å². The van der Waals surface area contributed by atoms with Gasteiger partial charge in [0, 0.05) is 0 Å². The molecule has 146 valence electrons. The number of aliphatic hydroxyl groups is 1. The van der Waals surface area contributed by atoms with Crippen LogP contribution in [-0.2, 0) is 6.54 Å². The first-order valence-electron chi connectivity index (χ1n) is 10.1. The minimum atomic E-state index is -0.457. The molecule has 0 bridgehead atoms. The van der Waals surface area contributed by atoms with Crippen molar-refractivity contribution in [3.8, 4) is 0 Å². The lowest BCUT2D eigenvalue weighted by Crippen LogP contribution is -2.39. The third-order valence-electron chi connectivity index (χ3n) is 6.91. The first-order chi connectivity index (χ1) is 12.1. The maximum Gasteiger partial charge on any atom is 0.113 e. The average Bonchev–Trinajstić information content (AvgIpc) is 3.01. The fraction of sp³-hybridized carbons (Fsp3) is 0.727. The number of nitrogens with zero attached hydrogens (tertiary/aromatic N) is 3. The van der Waals surface area contributed by atoms with Crippen LogP contribution in [0.4, 0.5) is 0 Å². The first kappa shape index (κ1) is 20.9. The molecule has 0 saturated carbocycles. The van der Waals surface area contributed by atoms with E-state index in [0.29, 0.717) is 12.5 Å². The van der Waals surface area contributed by atoms with E-state index < -0.39 is 6.10 Å². The predicted octanol–water partition coefficient (Wildman–Crippen LogP) is 5.31. The highest BCUT2D eigenvalue weighted by atomic mass is 16.3. The second-order valence-electron chi connectivity index (χ2n) is 9.24. The predicted molar refractivity (Wildman–Crippen MR) is 109 cm³/mol. The number of rotatable bonds is 9. The van der Waals surface area contributed by atoms with E-state index in [1.807, 2.05) is 24.3 Å². The van der Waals surface area contributed by atoms with E-state index in [4.69, 9.17) is 0 Å². The van der Waals surface area contributed by atoms with Crippen molar-refractivity contribution in [2.24, 2.45) is 22.7 Å². The van der Waals surface area contributed by atoms with E-state index in [1.54, 1.807) is 4.80 Å². The van der Waals surface area contributed by atoms with Crippen molar-refractivity contribution in [2.75, 3.05) is 0 Å². The average molecular weight is 360 g/mol. The number of fused-ring (bicyclic) bond motifs is 1. The van der Waals surface area contributed by atoms with Crippen LogP contribution in [-0.4, -0.2) is 26.2 Å². The summed E-state index contributed by atoms with van der Waals surface area (Å²) in [5.74, 6) is 0.755. The van der Waals surface area contributed by atoms with Gasteiger partial charge in [0.2, 0.25) is 0 Å². The molecule has 4 heteroatoms. The van der Waals surface area contributed by atoms with Gasteiger partial charge >= 0.3 is 0 Å². The highest BCUT2D eigenvalue weighted by Crippen LogP contribution is 2.42. The fourth-order valence-electron chi connectivity index (χ4n) is 3.59. The summed E-state index contributed by atoms with van der Waals surface area (Å²) in [7, 11) is 0. The Hall–Kier alpha value is -1.42. The van der Waals surface area contributed by atoms with Gasteiger partial charge in [-0.2, -0.15) is 15.0 Å². The van der Waals surface area contributed by atoms with Gasteiger partial charge in [0.15, 0.2) is 0 Å². The molecule has 3 atom stereocenters. The molecule has 0 aliphatic rings. The first-order valence-corrected chi connectivity index (χ1v) is 10.1. The number of benzene rings is 1. The molecule has 0 aliphatic carbocycles. The molecular formula is C22H37N3O. The van der Waals surface area contributed by atoms with Crippen LogP contribution in [0.5, 0.6) is 0 Å². The van der Waals surface area contributed by atoms with E-state index in [2.05, 4.69) is 58.7 Å². The minimum Gasteiger partial charge on any atom is -0.391 e. The van der Waals surface area contributed by atoms with E-state index >= 15 is 0 Å². The normalized spacial score (nSPS) is 16.6. The van der Waals surface area contributed by atoms with Crippen molar-refractivity contribution in [3.05, 3.63) is 24.3 Å². The van der Waals surface area contributed by atoms with Crippen LogP contribution >= 0.6 is 0 Å². The summed E-state index contributed by atoms with van der Waals surface area (Å²) in [5, 5.41) is 20.2. The second kappa shape index (κ2) is 8.08. The summed E-state index contributed by atoms with van der Waals surface area (Å²) >= 11 is 0. The minimum absolute atomic E-state index is 0.0735. The SMILES string of the molecule is CCC(C)(C)C(C)CC(C(O)Cn1nc2ccccc2n1)C(C)(C)CC. The lowest BCUT2D eigenvalue weighted by Gasteiger charge is -2.41. The lowest BCUT2D eigenvalue weighted by molar-refractivity contribution is -0.00873. The molecule has 2 rings (SSSR count). The summed E-state index contributed by atoms with van der Waals surface area (Å²) in [6.07, 6.45) is 2.75. The Morgan fingerprint density at radius 2 is 1.46 bits per heavy atom. The van der Waals surface area contributed by atoms with Gasteiger partial charge in [0.05, 0.1) is 12.6 Å². The van der Waals surface area contributed by atoms with Gasteiger partial charge in [-0.05, 0) is 41.2 Å². The molecule has 2 aromatic rings. The van der Waals surface area contributed by atoms with Gasteiger partial charge in [-0.25, -0.2) is 0 Å². The van der Waals surface area contributed by atoms with Crippen molar-refractivity contribution in [3.63, 3.8) is 0 Å². The Morgan fingerprint density at radius 1 is 0.962 bits per heavy atom. The van der Waals surface area contributed by atoms with Crippen molar-refractivity contribution in [1.29, 1.82) is 0 Å². The molecule has 1 aromatic carbocycles. The molecule has 0 radical (unpaired) electrons. The largest absolute Gasteiger partial charge is 0.391 e. The lowest BCUT2D eigenvalue weighted by atomic mass is 9.65. The van der Waals surface area contributed by atoms with Gasteiger partial charge in [-0.15, -0.1) is 0 Å². The topological polar surface area (TPSA) is 50.9 Å². The molecule has 0 spiro atoms. The Bertz CT molecular complexity index is 671. The highest BCUT2D eigenvalue weighted by molar-refractivity contribution is 5.72. The van der Waals surface area contributed by atoms with E-state index in [-0.39, 0.29) is 16.7 Å². The molecular weight excluding hydrogens is 322 g/mol. The zero-order valence-electron chi connectivity index (χ0n) is 17.7. The molecule has 3 unspecified atom stereocenters. The monoisotopic (exact) mass is 359 g/mol. The van der Waals surface area contributed by atoms with Crippen molar-refractivity contribution in [2.45, 2.75) is 80.4 Å². The number of hydrogen-bond donors (Lipinski definition) is 1. The zero-order valence-corrected chi connectivity index (χ0v) is 17.7. The molecule has 1 heterocycles. The smallest absolute Gasteiger partial charge is 0.113 e. The summed E-state index contributed by atoms with van der Waals surface area (Å²) < 4.78 is 0. The summed E-state index contributed by atoms with van der Waals surface area (Å²) in [4.78, 5) is 1.67. The maximum atomic E-state index is 11.1. The van der Waals surface area contributed by atoms with Crippen molar-refractivity contribution >= 4 is 11.0 Å². The summed E-state index contributed by atoms with van der Waals surface area (Å²) in [5.41, 5.74) is 2.11. The van der Waals surface area contributed by atoms with Crippen LogP contribution in [0.2, 0.25) is 0 Å². The molecule has 0 aliphatic heterocycles. The second-order valence-corrected chi connectivity index (χ2v) is 9.24. The van der Waals surface area contributed by atoms with Gasteiger partial charge in [0.25, 0.3) is 0 Å². The molecule has 0 saturated heterocycles. The van der Waals surface area contributed by atoms with Crippen LogP contribution in [0.25, 0.3) is 11.0 Å². The van der Waals surface area contributed by atoms with Crippen molar-refractivity contribution in [1.82, 2.24) is 15.0 Å². The Labute approximate surface area is 159 Å². The maximum absolute atomic E-state index is 11.1. The van der Waals surface area contributed by atoms with Crippen LogP contribution in [0.15, 0.2) is 24.3 Å². The number of hydrogen-bond acceptors (Lipinski definition) is 3. The van der Waals surface area contributed by atoms with Crippen LogP contribution in [0, 0.1) is 22.7 Å². The quantitative estimate of drug-likeness (QED) is 0.660. The Kier molecular flexibility index (Phi) is 6.49. The van der Waals surface area contributed by atoms with Gasteiger partial charge in [-0.3, -0.25) is 0 Å². The molecule has 4 nitrogen and oxygen atoms in total. The van der Waals surface area contributed by atoms with E-state index in [0.717, 1.165) is 30.3 Å². The summed E-state index contributed by atoms with van der Waals surface area (Å²) in [6.45, 7) is 16.5. The Morgan fingerprint density at radius 3 is 1.92 bits per heavy atom. The van der Waals surface area contributed by atoms with Gasteiger partial charge < -0.3 is 5.11 Å². The van der Waals surface area contributed by atoms with Gasteiger partial charge in [-0.1, -0.05) is 73.4 Å². The molecule has 0 fully saturated rings. The van der Waals surface area contributed by atoms with Gasteiger partial charge in [0.1, 0.15) is 11.0 Å². The van der Waals surface area contributed by atoms with Crippen LogP contribution in [0.3, 0.4) is 0 Å². The third kappa shape index (κ3) is 4.64. The van der Waals surface area contributed by atoms with Crippen LogP contribution < -0.4 is 0 Å². The summed E-state index contributed by atoms with van der Waals surface area (Å²) in [6, 6.07) is 7.86. The Balaban J connectivity index is 2.20. The zero-order chi connectivity index (χ0) is 19.5. The third-order valence-corrected chi connectivity index (χ3v) is 6.91. The molecule has 1 N–H and O–H groups in total. The van der Waals surface area contributed by atoms with Crippen molar-refractivity contribution < 1.29 is 5.11 Å². The number of aliphatic hydroxyl groups excluding tert-OH is 1. The molecule has 0 amide bonds. The van der Waals surface area contributed by atoms with Crippen LogP contribution in [0.1, 0.15) is 67.7 Å². The highest BCUT2D eigenvalue weighted by Gasteiger charge is 2.37. The molecule has 1 aromatic heterocycles. The number of aromatic nitrogens is 3.